The molecule has 0 saturated heterocycles. The van der Waals surface area contributed by atoms with E-state index in [1.54, 1.807) is 0 Å². The van der Waals surface area contributed by atoms with Crippen LogP contribution < -0.4 is 0 Å². The molecule has 1 aromatic rings. The predicted molar refractivity (Wildman–Crippen MR) is 67.0 cm³/mol. The second kappa shape index (κ2) is 5.26. The fourth-order valence-electron chi connectivity index (χ4n) is 2.70. The molecule has 17 heavy (non-hydrogen) atoms. The van der Waals surface area contributed by atoms with E-state index in [4.69, 9.17) is 0 Å². The highest BCUT2D eigenvalue weighted by molar-refractivity contribution is 5.74. The van der Waals surface area contributed by atoms with Gasteiger partial charge in [-0.25, -0.2) is 4.39 Å². The molecular weight excluding hydrogens is 215 g/mol. The minimum Gasteiger partial charge on any atom is -0.303 e. The molecule has 0 spiro atoms. The van der Waals surface area contributed by atoms with E-state index in [1.165, 1.54) is 23.3 Å². The van der Waals surface area contributed by atoms with E-state index in [2.05, 4.69) is 6.92 Å². The third kappa shape index (κ3) is 2.46. The third-order valence-electron chi connectivity index (χ3n) is 3.55. The lowest BCUT2D eigenvalue weighted by molar-refractivity contribution is -0.108. The van der Waals surface area contributed by atoms with Gasteiger partial charge in [-0.3, -0.25) is 0 Å². The molecule has 1 atom stereocenters. The van der Waals surface area contributed by atoms with Crippen LogP contribution in [0.4, 0.5) is 4.39 Å². The SMILES string of the molecule is CCC1=C(c2ccc(F)cc2)[C@H](CC=O)CC1. The number of allylic oxidation sites excluding steroid dienone is 2. The van der Waals surface area contributed by atoms with Gasteiger partial charge < -0.3 is 4.79 Å². The molecule has 0 unspecified atom stereocenters. The van der Waals surface area contributed by atoms with Gasteiger partial charge in [0.15, 0.2) is 0 Å². The highest BCUT2D eigenvalue weighted by atomic mass is 19.1. The van der Waals surface area contributed by atoms with Crippen LogP contribution in [-0.2, 0) is 4.79 Å². The molecule has 0 aromatic heterocycles. The third-order valence-corrected chi connectivity index (χ3v) is 3.55. The van der Waals surface area contributed by atoms with Crippen LogP contribution in [0.3, 0.4) is 0 Å². The van der Waals surface area contributed by atoms with Crippen LogP contribution in [0.25, 0.3) is 5.57 Å². The Hall–Kier alpha value is -1.44. The fourth-order valence-corrected chi connectivity index (χ4v) is 2.70. The Balaban J connectivity index is 2.37. The quantitative estimate of drug-likeness (QED) is 0.717. The number of benzene rings is 1. The van der Waals surface area contributed by atoms with Crippen molar-refractivity contribution in [2.45, 2.75) is 32.6 Å². The minimum absolute atomic E-state index is 0.211. The van der Waals surface area contributed by atoms with Gasteiger partial charge in [0, 0.05) is 6.42 Å². The summed E-state index contributed by atoms with van der Waals surface area (Å²) in [4.78, 5) is 10.7. The van der Waals surface area contributed by atoms with Crippen molar-refractivity contribution in [2.24, 2.45) is 5.92 Å². The summed E-state index contributed by atoms with van der Waals surface area (Å²) < 4.78 is 12.9. The Kier molecular flexibility index (Phi) is 3.72. The van der Waals surface area contributed by atoms with Gasteiger partial charge in [-0.05, 0) is 48.4 Å². The van der Waals surface area contributed by atoms with Crippen molar-refractivity contribution in [1.29, 1.82) is 0 Å². The van der Waals surface area contributed by atoms with Gasteiger partial charge in [-0.15, -0.1) is 0 Å². The highest BCUT2D eigenvalue weighted by Crippen LogP contribution is 2.41. The molecule has 1 nitrogen and oxygen atoms in total. The summed E-state index contributed by atoms with van der Waals surface area (Å²) in [5.41, 5.74) is 3.77. The molecule has 2 heteroatoms. The molecule has 0 N–H and O–H groups in total. The zero-order chi connectivity index (χ0) is 12.3. The van der Waals surface area contributed by atoms with Crippen molar-refractivity contribution in [3.63, 3.8) is 0 Å². The molecule has 1 aliphatic rings. The van der Waals surface area contributed by atoms with Gasteiger partial charge in [0.25, 0.3) is 0 Å². The van der Waals surface area contributed by atoms with Gasteiger partial charge in [-0.1, -0.05) is 24.6 Å². The lowest BCUT2D eigenvalue weighted by Gasteiger charge is -2.13. The van der Waals surface area contributed by atoms with Crippen LogP contribution in [0, 0.1) is 11.7 Å². The van der Waals surface area contributed by atoms with Gasteiger partial charge in [-0.2, -0.15) is 0 Å². The molecule has 0 aliphatic heterocycles. The second-order valence-electron chi connectivity index (χ2n) is 4.52. The van der Waals surface area contributed by atoms with E-state index in [9.17, 15) is 9.18 Å². The molecule has 0 radical (unpaired) electrons. The molecule has 0 heterocycles. The smallest absolute Gasteiger partial charge is 0.123 e. The summed E-state index contributed by atoms with van der Waals surface area (Å²) in [5, 5.41) is 0. The molecule has 2 rings (SSSR count). The van der Waals surface area contributed by atoms with E-state index in [1.807, 2.05) is 12.1 Å². The van der Waals surface area contributed by atoms with Gasteiger partial charge in [0.05, 0.1) is 0 Å². The monoisotopic (exact) mass is 232 g/mol. The first-order valence-electron chi connectivity index (χ1n) is 6.17. The molecule has 0 saturated carbocycles. The van der Waals surface area contributed by atoms with Crippen molar-refractivity contribution in [2.75, 3.05) is 0 Å². The molecule has 1 aliphatic carbocycles. The number of aldehydes is 1. The van der Waals surface area contributed by atoms with Gasteiger partial charge >= 0.3 is 0 Å². The number of hydrogen-bond donors (Lipinski definition) is 0. The zero-order valence-electron chi connectivity index (χ0n) is 10.1. The van der Waals surface area contributed by atoms with E-state index < -0.39 is 0 Å². The summed E-state index contributed by atoms with van der Waals surface area (Å²) >= 11 is 0. The number of carbonyl (C=O) groups excluding carboxylic acids is 1. The zero-order valence-corrected chi connectivity index (χ0v) is 10.1. The average molecular weight is 232 g/mol. The predicted octanol–water partition coefficient (Wildman–Crippen LogP) is 3.99. The molecule has 0 fully saturated rings. The maximum atomic E-state index is 12.9. The highest BCUT2D eigenvalue weighted by Gasteiger charge is 2.25. The van der Waals surface area contributed by atoms with E-state index >= 15 is 0 Å². The van der Waals surface area contributed by atoms with Crippen LogP contribution in [0.2, 0.25) is 0 Å². The van der Waals surface area contributed by atoms with Crippen LogP contribution in [-0.4, -0.2) is 6.29 Å². The first-order valence-corrected chi connectivity index (χ1v) is 6.17. The molecule has 0 amide bonds. The van der Waals surface area contributed by atoms with Gasteiger partial charge in [0.1, 0.15) is 12.1 Å². The number of rotatable bonds is 4. The van der Waals surface area contributed by atoms with Crippen LogP contribution >= 0.6 is 0 Å². The maximum absolute atomic E-state index is 12.9. The lowest BCUT2D eigenvalue weighted by Crippen LogP contribution is -2.00. The number of carbonyl (C=O) groups is 1. The first kappa shape index (κ1) is 12.0. The van der Waals surface area contributed by atoms with Crippen molar-refractivity contribution < 1.29 is 9.18 Å². The Morgan fingerprint density at radius 3 is 2.65 bits per heavy atom. The van der Waals surface area contributed by atoms with Crippen LogP contribution in [0.15, 0.2) is 29.8 Å². The van der Waals surface area contributed by atoms with E-state index in [-0.39, 0.29) is 5.82 Å². The summed E-state index contributed by atoms with van der Waals surface area (Å²) in [6.07, 6.45) is 4.71. The summed E-state index contributed by atoms with van der Waals surface area (Å²) in [6.45, 7) is 2.14. The normalized spacial score (nSPS) is 19.8. The van der Waals surface area contributed by atoms with Gasteiger partial charge in [0.2, 0.25) is 0 Å². The Morgan fingerprint density at radius 2 is 2.06 bits per heavy atom. The minimum atomic E-state index is -0.211. The Bertz CT molecular complexity index is 431. The first-order chi connectivity index (χ1) is 8.26. The van der Waals surface area contributed by atoms with E-state index in [0.717, 1.165) is 31.1 Å². The summed E-state index contributed by atoms with van der Waals surface area (Å²) in [7, 11) is 0. The van der Waals surface area contributed by atoms with Crippen molar-refractivity contribution in [1.82, 2.24) is 0 Å². The van der Waals surface area contributed by atoms with Crippen molar-refractivity contribution in [3.05, 3.63) is 41.2 Å². The lowest BCUT2D eigenvalue weighted by atomic mass is 9.91. The van der Waals surface area contributed by atoms with E-state index in [0.29, 0.717) is 12.3 Å². The topological polar surface area (TPSA) is 17.1 Å². The van der Waals surface area contributed by atoms with Crippen LogP contribution in [0.1, 0.15) is 38.2 Å². The second-order valence-corrected chi connectivity index (χ2v) is 4.52. The number of hydrogen-bond acceptors (Lipinski definition) is 1. The van der Waals surface area contributed by atoms with Crippen molar-refractivity contribution >= 4 is 11.9 Å². The molecule has 0 bridgehead atoms. The van der Waals surface area contributed by atoms with Crippen molar-refractivity contribution in [3.8, 4) is 0 Å². The Labute approximate surface area is 101 Å². The summed E-state index contributed by atoms with van der Waals surface area (Å²) in [5.74, 6) is 0.116. The summed E-state index contributed by atoms with van der Waals surface area (Å²) in [6, 6.07) is 6.63. The standard InChI is InChI=1S/C15H17FO/c1-2-11-3-4-13(9-10-17)15(11)12-5-7-14(16)8-6-12/h5-8,10,13H,2-4,9H2,1H3/t13-/m0/s1. The Morgan fingerprint density at radius 1 is 1.35 bits per heavy atom. The average Bonchev–Trinajstić information content (AvgIpc) is 2.74. The molecule has 90 valence electrons. The largest absolute Gasteiger partial charge is 0.303 e. The fraction of sp³-hybridized carbons (Fsp3) is 0.400. The number of halogens is 1. The molecular formula is C15H17FO. The van der Waals surface area contributed by atoms with Crippen LogP contribution in [0.5, 0.6) is 0 Å². The molecule has 1 aromatic carbocycles. The maximum Gasteiger partial charge on any atom is 0.123 e.